The second-order valence-corrected chi connectivity index (χ2v) is 2.88. The summed E-state index contributed by atoms with van der Waals surface area (Å²) in [6.45, 7) is 0.375. The molecule has 2 amide bonds. The number of nitrogens with one attached hydrogen (secondary N) is 3. The maximum atomic E-state index is 10.6. The number of carboxylic acid groups (broad SMARTS) is 1. The van der Waals surface area contributed by atoms with Gasteiger partial charge in [0.25, 0.3) is 0 Å². The molecule has 0 radical (unpaired) electrons. The van der Waals surface area contributed by atoms with E-state index in [1.807, 2.05) is 0 Å². The van der Waals surface area contributed by atoms with E-state index in [9.17, 15) is 9.59 Å². The Morgan fingerprint density at radius 3 is 2.40 bits per heavy atom. The molecule has 0 aliphatic carbocycles. The number of nitrogens with two attached hydrogens (primary N) is 2. The molecule has 0 saturated carbocycles. The number of urea groups is 1. The molecule has 0 rings (SSSR count). The number of primary amides is 1. The van der Waals surface area contributed by atoms with Crippen LogP contribution in [0.4, 0.5) is 4.79 Å². The van der Waals surface area contributed by atoms with Gasteiger partial charge >= 0.3 is 12.0 Å². The summed E-state index contributed by atoms with van der Waals surface area (Å²) in [5.41, 5.74) is 9.82. The third-order valence-corrected chi connectivity index (χ3v) is 1.60. The summed E-state index contributed by atoms with van der Waals surface area (Å²) in [5.74, 6) is -1.32. The fourth-order valence-corrected chi connectivity index (χ4v) is 0.958. The van der Waals surface area contributed by atoms with Crippen molar-refractivity contribution in [2.24, 2.45) is 11.5 Å². The summed E-state index contributed by atoms with van der Waals surface area (Å²) in [6, 6.07) is -1.88. The molecule has 0 spiro atoms. The molecule has 1 atom stereocenters. The lowest BCUT2D eigenvalue weighted by Crippen LogP contribution is -2.44. The number of carbonyl (C=O) groups excluding carboxylic acids is 1. The van der Waals surface area contributed by atoms with Gasteiger partial charge in [0.05, 0.1) is 0 Å². The van der Waals surface area contributed by atoms with Gasteiger partial charge in [-0.2, -0.15) is 0 Å². The molecule has 0 aliphatic heterocycles. The number of carboxylic acids is 1. The van der Waals surface area contributed by atoms with E-state index >= 15 is 0 Å². The zero-order chi connectivity index (χ0) is 11.8. The van der Waals surface area contributed by atoms with Gasteiger partial charge in [-0.1, -0.05) is 0 Å². The third kappa shape index (κ3) is 7.11. The van der Waals surface area contributed by atoms with E-state index in [4.69, 9.17) is 22.0 Å². The molecule has 0 aromatic carbocycles. The second kappa shape index (κ2) is 6.46. The Bertz CT molecular complexity index is 255. The Hall–Kier alpha value is -1.99. The van der Waals surface area contributed by atoms with Crippen LogP contribution in [0.5, 0.6) is 0 Å². The minimum Gasteiger partial charge on any atom is -0.480 e. The third-order valence-electron chi connectivity index (χ3n) is 1.60. The Morgan fingerprint density at radius 2 is 2.00 bits per heavy atom. The first-order valence-electron chi connectivity index (χ1n) is 4.30. The van der Waals surface area contributed by atoms with Gasteiger partial charge in [-0.15, -0.1) is 0 Å². The van der Waals surface area contributed by atoms with Crippen molar-refractivity contribution in [1.82, 2.24) is 10.6 Å². The van der Waals surface area contributed by atoms with Gasteiger partial charge in [0.15, 0.2) is 5.96 Å². The van der Waals surface area contributed by atoms with Gasteiger partial charge < -0.3 is 27.2 Å². The zero-order valence-electron chi connectivity index (χ0n) is 8.12. The van der Waals surface area contributed by atoms with Crippen LogP contribution in [0.1, 0.15) is 12.8 Å². The number of hydrogen-bond donors (Lipinski definition) is 6. The van der Waals surface area contributed by atoms with E-state index in [0.29, 0.717) is 13.0 Å². The number of hydrogen-bond acceptors (Lipinski definition) is 3. The van der Waals surface area contributed by atoms with Gasteiger partial charge in [-0.25, -0.2) is 9.59 Å². The van der Waals surface area contributed by atoms with Gasteiger partial charge in [0.2, 0.25) is 0 Å². The molecule has 0 aromatic rings. The average molecular weight is 217 g/mol. The summed E-state index contributed by atoms with van der Waals surface area (Å²) in [5, 5.41) is 20.1. The van der Waals surface area contributed by atoms with Crippen molar-refractivity contribution in [1.29, 1.82) is 5.41 Å². The van der Waals surface area contributed by atoms with Crippen LogP contribution in [0, 0.1) is 5.41 Å². The number of carbonyl (C=O) groups is 2. The standard InChI is InChI=1S/C7H15N5O3/c8-6(9)11-3-1-2-4(5(13)14)12-7(10)15/h4H,1-3H2,(H,13,14)(H4,8,9,11)(H3,10,12,15). The predicted octanol–water partition coefficient (Wildman–Crippen LogP) is -1.63. The van der Waals surface area contributed by atoms with E-state index < -0.39 is 18.0 Å². The minimum atomic E-state index is -1.14. The highest BCUT2D eigenvalue weighted by Crippen LogP contribution is 1.96. The largest absolute Gasteiger partial charge is 0.480 e. The Balaban J connectivity index is 3.81. The smallest absolute Gasteiger partial charge is 0.326 e. The first-order valence-corrected chi connectivity index (χ1v) is 4.30. The Morgan fingerprint density at radius 1 is 1.40 bits per heavy atom. The van der Waals surface area contributed by atoms with E-state index in [-0.39, 0.29) is 12.4 Å². The van der Waals surface area contributed by atoms with Crippen LogP contribution in [0.15, 0.2) is 0 Å². The topological polar surface area (TPSA) is 154 Å². The summed E-state index contributed by atoms with van der Waals surface area (Å²) in [6.07, 6.45) is 0.676. The quantitative estimate of drug-likeness (QED) is 0.179. The molecule has 0 aromatic heterocycles. The van der Waals surface area contributed by atoms with Crippen molar-refractivity contribution in [2.45, 2.75) is 18.9 Å². The lowest BCUT2D eigenvalue weighted by molar-refractivity contribution is -0.139. The summed E-state index contributed by atoms with van der Waals surface area (Å²) in [7, 11) is 0. The highest BCUT2D eigenvalue weighted by Gasteiger charge is 2.17. The molecular formula is C7H15N5O3. The van der Waals surface area contributed by atoms with E-state index in [2.05, 4.69) is 10.6 Å². The van der Waals surface area contributed by atoms with Gasteiger partial charge in [-0.05, 0) is 12.8 Å². The van der Waals surface area contributed by atoms with E-state index in [0.717, 1.165) is 0 Å². The van der Waals surface area contributed by atoms with Crippen LogP contribution >= 0.6 is 0 Å². The second-order valence-electron chi connectivity index (χ2n) is 2.88. The molecule has 8 heteroatoms. The van der Waals surface area contributed by atoms with Gasteiger partial charge in [0, 0.05) is 6.54 Å². The average Bonchev–Trinajstić information content (AvgIpc) is 2.08. The minimum absolute atomic E-state index is 0.176. The van der Waals surface area contributed by atoms with Crippen LogP contribution < -0.4 is 22.1 Å². The monoisotopic (exact) mass is 217 g/mol. The number of guanidine groups is 1. The van der Waals surface area contributed by atoms with Crippen molar-refractivity contribution in [3.05, 3.63) is 0 Å². The maximum Gasteiger partial charge on any atom is 0.326 e. The molecule has 0 bridgehead atoms. The normalized spacial score (nSPS) is 11.5. The number of rotatable bonds is 6. The van der Waals surface area contributed by atoms with Crippen molar-refractivity contribution in [3.8, 4) is 0 Å². The van der Waals surface area contributed by atoms with Crippen molar-refractivity contribution < 1.29 is 14.7 Å². The molecule has 0 fully saturated rings. The zero-order valence-corrected chi connectivity index (χ0v) is 8.12. The highest BCUT2D eigenvalue weighted by atomic mass is 16.4. The maximum absolute atomic E-state index is 10.6. The SMILES string of the molecule is N=C(N)NCCCC(NC(N)=O)C(=O)O. The van der Waals surface area contributed by atoms with Crippen LogP contribution in [0.2, 0.25) is 0 Å². The molecule has 0 saturated heterocycles. The molecule has 86 valence electrons. The van der Waals surface area contributed by atoms with Gasteiger partial charge in [0.1, 0.15) is 6.04 Å². The molecule has 8 nitrogen and oxygen atoms in total. The Kier molecular flexibility index (Phi) is 5.60. The molecule has 1 unspecified atom stereocenters. The number of aliphatic carboxylic acids is 1. The summed E-state index contributed by atoms with van der Waals surface area (Å²) < 4.78 is 0. The van der Waals surface area contributed by atoms with Crippen LogP contribution in [-0.4, -0.2) is 35.7 Å². The lowest BCUT2D eigenvalue weighted by Gasteiger charge is -2.12. The lowest BCUT2D eigenvalue weighted by atomic mass is 10.1. The fourth-order valence-electron chi connectivity index (χ4n) is 0.958. The van der Waals surface area contributed by atoms with E-state index in [1.54, 1.807) is 0 Å². The van der Waals surface area contributed by atoms with Crippen LogP contribution in [0.3, 0.4) is 0 Å². The van der Waals surface area contributed by atoms with Crippen molar-refractivity contribution in [2.75, 3.05) is 6.54 Å². The molecule has 0 aliphatic rings. The molecular weight excluding hydrogens is 202 g/mol. The Labute approximate surface area is 86.5 Å². The molecule has 15 heavy (non-hydrogen) atoms. The summed E-state index contributed by atoms with van der Waals surface area (Å²) >= 11 is 0. The predicted molar refractivity (Wildman–Crippen MR) is 53.3 cm³/mol. The molecule has 8 N–H and O–H groups in total. The first-order chi connectivity index (χ1) is 6.93. The highest BCUT2D eigenvalue weighted by molar-refractivity contribution is 5.81. The van der Waals surface area contributed by atoms with Crippen molar-refractivity contribution in [3.63, 3.8) is 0 Å². The van der Waals surface area contributed by atoms with E-state index in [1.165, 1.54) is 0 Å². The van der Waals surface area contributed by atoms with Crippen LogP contribution in [0.25, 0.3) is 0 Å². The fraction of sp³-hybridized carbons (Fsp3) is 0.571. The molecule has 0 heterocycles. The van der Waals surface area contributed by atoms with Crippen LogP contribution in [-0.2, 0) is 4.79 Å². The number of amides is 2. The first kappa shape index (κ1) is 13.0. The summed E-state index contributed by atoms with van der Waals surface area (Å²) in [4.78, 5) is 21.0. The van der Waals surface area contributed by atoms with Crippen molar-refractivity contribution >= 4 is 18.0 Å². The van der Waals surface area contributed by atoms with Gasteiger partial charge in [-0.3, -0.25) is 5.41 Å².